The minimum absolute atomic E-state index is 0.293. The summed E-state index contributed by atoms with van der Waals surface area (Å²) >= 11 is 0. The highest BCUT2D eigenvalue weighted by Crippen LogP contribution is 2.39. The number of ether oxygens (including phenoxy) is 2. The number of hydrogen-bond donors (Lipinski definition) is 3. The molecular formula is C20H21N5O3. The quantitative estimate of drug-likeness (QED) is 0.600. The number of nitrogens with one attached hydrogen (secondary N) is 1. The van der Waals surface area contributed by atoms with E-state index in [0.717, 1.165) is 34.1 Å². The fraction of sp³-hybridized carbons (Fsp3) is 0.300. The maximum Gasteiger partial charge on any atom is 0.212 e. The fourth-order valence-corrected chi connectivity index (χ4v) is 3.79. The molecule has 2 aliphatic rings. The predicted octanol–water partition coefficient (Wildman–Crippen LogP) is 2.81. The predicted molar refractivity (Wildman–Crippen MR) is 106 cm³/mol. The van der Waals surface area contributed by atoms with Gasteiger partial charge in [0.25, 0.3) is 0 Å². The highest BCUT2D eigenvalue weighted by Gasteiger charge is 2.27. The minimum atomic E-state index is -0.399. The van der Waals surface area contributed by atoms with Gasteiger partial charge in [-0.2, -0.15) is 0 Å². The van der Waals surface area contributed by atoms with E-state index in [1.807, 2.05) is 42.7 Å². The second kappa shape index (κ2) is 6.05. The minimum Gasteiger partial charge on any atom is -0.507 e. The van der Waals surface area contributed by atoms with Crippen LogP contribution < -0.4 is 20.5 Å². The molecule has 0 fully saturated rings. The number of nitrogens with two attached hydrogens (primary N) is 1. The summed E-state index contributed by atoms with van der Waals surface area (Å²) in [5.74, 6) is 2.59. The van der Waals surface area contributed by atoms with Crippen LogP contribution in [0.25, 0.3) is 11.0 Å². The van der Waals surface area contributed by atoms with E-state index in [-0.39, 0.29) is 0 Å². The lowest BCUT2D eigenvalue weighted by atomic mass is 10.0. The van der Waals surface area contributed by atoms with Gasteiger partial charge in [0.05, 0.1) is 24.2 Å². The molecule has 0 amide bonds. The van der Waals surface area contributed by atoms with Gasteiger partial charge in [0.2, 0.25) is 5.95 Å². The Morgan fingerprint density at radius 1 is 1.11 bits per heavy atom. The van der Waals surface area contributed by atoms with E-state index >= 15 is 0 Å². The van der Waals surface area contributed by atoms with Gasteiger partial charge in [-0.1, -0.05) is 0 Å². The van der Waals surface area contributed by atoms with Gasteiger partial charge in [0, 0.05) is 18.6 Å². The Hall–Kier alpha value is -3.42. The van der Waals surface area contributed by atoms with Crippen molar-refractivity contribution < 1.29 is 14.6 Å². The van der Waals surface area contributed by atoms with Crippen molar-refractivity contribution in [1.29, 1.82) is 0 Å². The standard InChI is InChI=1S/C20H21N5O3/c1-10-6-12(7-11(2)17(10)26)18-23-19(21)24-20-22-13-8-15-16(9-14(13)25(18)20)28-5-3-4-27-15/h6-9,18,26H,3-5H2,1-2H3,(H3,21,22,23,24)/t18-/m0/s1. The van der Waals surface area contributed by atoms with Gasteiger partial charge in [-0.05, 0) is 42.7 Å². The van der Waals surface area contributed by atoms with Gasteiger partial charge in [-0.3, -0.25) is 9.88 Å². The van der Waals surface area contributed by atoms with Crippen molar-refractivity contribution in [3.05, 3.63) is 41.0 Å². The third-order valence-corrected chi connectivity index (χ3v) is 5.12. The van der Waals surface area contributed by atoms with Crippen LogP contribution >= 0.6 is 0 Å². The molecule has 0 spiro atoms. The largest absolute Gasteiger partial charge is 0.507 e. The molecule has 8 nitrogen and oxygen atoms in total. The van der Waals surface area contributed by atoms with Crippen LogP contribution in [0.4, 0.5) is 5.95 Å². The number of aliphatic imine (C=N–C) groups is 1. The number of hydrogen-bond acceptors (Lipinski definition) is 7. The molecule has 0 bridgehead atoms. The van der Waals surface area contributed by atoms with E-state index in [1.54, 1.807) is 0 Å². The van der Waals surface area contributed by atoms with Crippen molar-refractivity contribution >= 4 is 22.9 Å². The van der Waals surface area contributed by atoms with Crippen molar-refractivity contribution in [3.63, 3.8) is 0 Å². The number of aryl methyl sites for hydroxylation is 2. The molecule has 0 saturated heterocycles. The molecule has 2 aliphatic heterocycles. The number of rotatable bonds is 1. The lowest BCUT2D eigenvalue weighted by Crippen LogP contribution is -2.31. The highest BCUT2D eigenvalue weighted by atomic mass is 16.5. The maximum absolute atomic E-state index is 10.1. The summed E-state index contributed by atoms with van der Waals surface area (Å²) < 4.78 is 13.6. The molecule has 5 rings (SSSR count). The van der Waals surface area contributed by atoms with Crippen molar-refractivity contribution in [1.82, 2.24) is 9.55 Å². The zero-order chi connectivity index (χ0) is 19.4. The Morgan fingerprint density at radius 3 is 2.50 bits per heavy atom. The molecule has 0 radical (unpaired) electrons. The number of benzene rings is 2. The van der Waals surface area contributed by atoms with Crippen molar-refractivity contribution in [2.24, 2.45) is 10.7 Å². The van der Waals surface area contributed by atoms with E-state index in [2.05, 4.69) is 15.3 Å². The van der Waals surface area contributed by atoms with Crippen LogP contribution in [0.1, 0.15) is 29.3 Å². The summed E-state index contributed by atoms with van der Waals surface area (Å²) in [5, 5.41) is 13.2. The van der Waals surface area contributed by atoms with E-state index in [1.165, 1.54) is 0 Å². The zero-order valence-corrected chi connectivity index (χ0v) is 15.7. The molecule has 2 aromatic carbocycles. The highest BCUT2D eigenvalue weighted by molar-refractivity contribution is 5.95. The van der Waals surface area contributed by atoms with Crippen LogP contribution in [-0.4, -0.2) is 33.8 Å². The molecule has 28 heavy (non-hydrogen) atoms. The number of guanidine groups is 1. The molecule has 3 aromatic rings. The molecule has 3 heterocycles. The van der Waals surface area contributed by atoms with Crippen LogP contribution in [0.3, 0.4) is 0 Å². The lowest BCUT2D eigenvalue weighted by molar-refractivity contribution is 0.297. The first-order valence-corrected chi connectivity index (χ1v) is 9.23. The Bertz CT molecular complexity index is 1110. The molecule has 0 unspecified atom stereocenters. The summed E-state index contributed by atoms with van der Waals surface area (Å²) in [7, 11) is 0. The third-order valence-electron chi connectivity index (χ3n) is 5.12. The Balaban J connectivity index is 1.72. The number of phenolic OH excluding ortho intramolecular Hbond substituents is 1. The Labute approximate surface area is 161 Å². The topological polar surface area (TPSA) is 107 Å². The molecule has 144 valence electrons. The number of imidazole rings is 1. The van der Waals surface area contributed by atoms with E-state index in [4.69, 9.17) is 15.2 Å². The van der Waals surface area contributed by atoms with Crippen molar-refractivity contribution in [2.45, 2.75) is 26.4 Å². The van der Waals surface area contributed by atoms with Crippen LogP contribution in [0, 0.1) is 13.8 Å². The van der Waals surface area contributed by atoms with Gasteiger partial charge in [-0.15, -0.1) is 0 Å². The van der Waals surface area contributed by atoms with Crippen LogP contribution in [0.15, 0.2) is 29.3 Å². The van der Waals surface area contributed by atoms with Crippen LogP contribution in [0.2, 0.25) is 0 Å². The van der Waals surface area contributed by atoms with Gasteiger partial charge >= 0.3 is 0 Å². The number of phenols is 1. The first kappa shape index (κ1) is 16.7. The second-order valence-electron chi connectivity index (χ2n) is 7.16. The number of anilines is 1. The monoisotopic (exact) mass is 379 g/mol. The fourth-order valence-electron chi connectivity index (χ4n) is 3.79. The van der Waals surface area contributed by atoms with Crippen molar-refractivity contribution in [3.8, 4) is 17.2 Å². The number of nitrogens with zero attached hydrogens (tertiary/aromatic N) is 3. The number of aromatic nitrogens is 2. The Kier molecular flexibility index (Phi) is 3.61. The molecule has 0 aliphatic carbocycles. The number of aromatic hydroxyl groups is 1. The maximum atomic E-state index is 10.1. The number of fused-ring (bicyclic) bond motifs is 4. The summed E-state index contributed by atoms with van der Waals surface area (Å²) in [6.45, 7) is 4.98. The SMILES string of the molecule is Cc1cc([C@H]2N=C(N)Nc3nc4cc5c(cc4n32)OCCCO5)cc(C)c1O. The second-order valence-corrected chi connectivity index (χ2v) is 7.16. The normalized spacial score (nSPS) is 18.2. The average Bonchev–Trinajstić information content (AvgIpc) is 2.84. The summed E-state index contributed by atoms with van der Waals surface area (Å²) in [4.78, 5) is 9.30. The van der Waals surface area contributed by atoms with E-state index in [0.29, 0.717) is 42.4 Å². The third kappa shape index (κ3) is 2.52. The van der Waals surface area contributed by atoms with E-state index < -0.39 is 6.17 Å². The van der Waals surface area contributed by atoms with Crippen molar-refractivity contribution in [2.75, 3.05) is 18.5 Å². The summed E-state index contributed by atoms with van der Waals surface area (Å²) in [5.41, 5.74) is 10.2. The first-order valence-electron chi connectivity index (χ1n) is 9.23. The lowest BCUT2D eigenvalue weighted by Gasteiger charge is -2.24. The zero-order valence-electron chi connectivity index (χ0n) is 15.7. The van der Waals surface area contributed by atoms with Crippen LogP contribution in [0.5, 0.6) is 17.2 Å². The van der Waals surface area contributed by atoms with E-state index in [9.17, 15) is 5.11 Å². The molecule has 4 N–H and O–H groups in total. The average molecular weight is 379 g/mol. The molecular weight excluding hydrogens is 358 g/mol. The van der Waals surface area contributed by atoms with Gasteiger partial charge in [0.15, 0.2) is 23.6 Å². The molecule has 0 saturated carbocycles. The summed E-state index contributed by atoms with van der Waals surface area (Å²) in [6, 6.07) is 7.68. The Morgan fingerprint density at radius 2 is 1.79 bits per heavy atom. The molecule has 1 aromatic heterocycles. The molecule has 8 heteroatoms. The molecule has 1 atom stereocenters. The van der Waals surface area contributed by atoms with Gasteiger partial charge in [-0.25, -0.2) is 9.98 Å². The van der Waals surface area contributed by atoms with Crippen LogP contribution in [-0.2, 0) is 0 Å². The summed E-state index contributed by atoms with van der Waals surface area (Å²) in [6.07, 6.45) is 0.443. The smallest absolute Gasteiger partial charge is 0.212 e. The van der Waals surface area contributed by atoms with Gasteiger partial charge in [0.1, 0.15) is 5.75 Å². The first-order chi connectivity index (χ1) is 13.5. The van der Waals surface area contributed by atoms with Gasteiger partial charge < -0.3 is 20.3 Å².